The van der Waals surface area contributed by atoms with Crippen LogP contribution in [0.1, 0.15) is 22.3 Å². The Morgan fingerprint density at radius 2 is 0.839 bits per heavy atom. The third-order valence-electron chi connectivity index (χ3n) is 12.6. The van der Waals surface area contributed by atoms with Crippen molar-refractivity contribution in [2.75, 3.05) is 0 Å². The zero-order valence-electron chi connectivity index (χ0n) is 33.7. The summed E-state index contributed by atoms with van der Waals surface area (Å²) >= 11 is 1.86. The van der Waals surface area contributed by atoms with Gasteiger partial charge in [-0.1, -0.05) is 194 Å². The first-order valence-corrected chi connectivity index (χ1v) is 22.0. The summed E-state index contributed by atoms with van der Waals surface area (Å²) in [6, 6.07) is 83.4. The quantitative estimate of drug-likeness (QED) is 0.160. The second-order valence-corrected chi connectivity index (χ2v) is 17.1. The zero-order chi connectivity index (χ0) is 41.0. The van der Waals surface area contributed by atoms with Gasteiger partial charge in [-0.3, -0.25) is 0 Å². The van der Waals surface area contributed by atoms with Crippen molar-refractivity contribution < 1.29 is 0 Å². The first-order chi connectivity index (χ1) is 30.7. The molecule has 0 N–H and O–H groups in total. The zero-order valence-corrected chi connectivity index (χ0v) is 34.6. The number of fused-ring (bicyclic) bond motifs is 6. The molecule has 3 heteroatoms. The van der Waals surface area contributed by atoms with Crippen molar-refractivity contribution in [1.82, 2.24) is 9.97 Å². The number of benzene rings is 9. The van der Waals surface area contributed by atoms with Gasteiger partial charge in [0.25, 0.3) is 0 Å². The molecule has 11 aromatic rings. The highest BCUT2D eigenvalue weighted by atomic mass is 32.1. The largest absolute Gasteiger partial charge is 0.228 e. The lowest BCUT2D eigenvalue weighted by Gasteiger charge is -2.34. The summed E-state index contributed by atoms with van der Waals surface area (Å²) < 4.78 is 2.58. The number of hydrogen-bond acceptors (Lipinski definition) is 3. The lowest BCUT2D eigenvalue weighted by Crippen LogP contribution is -2.28. The summed E-state index contributed by atoms with van der Waals surface area (Å²) in [6.45, 7) is 0. The third kappa shape index (κ3) is 5.85. The molecule has 0 aliphatic heterocycles. The lowest BCUT2D eigenvalue weighted by molar-refractivity contribution is 0.768. The molecular weight excluding hydrogens is 769 g/mol. The van der Waals surface area contributed by atoms with Crippen LogP contribution in [0.2, 0.25) is 0 Å². The van der Waals surface area contributed by atoms with Crippen molar-refractivity contribution >= 4 is 31.5 Å². The van der Waals surface area contributed by atoms with Crippen molar-refractivity contribution in [2.45, 2.75) is 5.41 Å². The molecule has 0 bridgehead atoms. The van der Waals surface area contributed by atoms with Crippen LogP contribution >= 0.6 is 11.3 Å². The Hall–Kier alpha value is -7.72. The molecule has 0 spiro atoms. The van der Waals surface area contributed by atoms with Crippen molar-refractivity contribution in [3.63, 3.8) is 0 Å². The van der Waals surface area contributed by atoms with Crippen molar-refractivity contribution in [3.8, 4) is 67.3 Å². The summed E-state index contributed by atoms with van der Waals surface area (Å²) in [5, 5.41) is 2.58. The van der Waals surface area contributed by atoms with E-state index in [0.717, 1.165) is 44.8 Å². The van der Waals surface area contributed by atoms with Crippen LogP contribution in [0.15, 0.2) is 231 Å². The highest BCUT2D eigenvalue weighted by Crippen LogP contribution is 2.56. The number of hydrogen-bond donors (Lipinski definition) is 0. The Kier molecular flexibility index (Phi) is 8.62. The number of rotatable bonds is 7. The van der Waals surface area contributed by atoms with Gasteiger partial charge < -0.3 is 0 Å². The van der Waals surface area contributed by atoms with E-state index in [-0.39, 0.29) is 0 Å². The van der Waals surface area contributed by atoms with Gasteiger partial charge >= 0.3 is 0 Å². The number of aromatic nitrogens is 2. The molecular formula is C59H38N2S. The summed E-state index contributed by atoms with van der Waals surface area (Å²) in [4.78, 5) is 10.7. The van der Waals surface area contributed by atoms with Gasteiger partial charge in [0, 0.05) is 36.9 Å². The Balaban J connectivity index is 1.08. The van der Waals surface area contributed by atoms with E-state index in [4.69, 9.17) is 9.97 Å². The predicted octanol–water partition coefficient (Wildman–Crippen LogP) is 15.5. The highest BCUT2D eigenvalue weighted by molar-refractivity contribution is 7.26. The molecule has 12 rings (SSSR count). The van der Waals surface area contributed by atoms with Crippen molar-refractivity contribution in [3.05, 3.63) is 253 Å². The molecule has 0 saturated carbocycles. The van der Waals surface area contributed by atoms with Crippen LogP contribution in [0.4, 0.5) is 0 Å². The van der Waals surface area contributed by atoms with Gasteiger partial charge in [-0.15, -0.1) is 11.3 Å². The van der Waals surface area contributed by atoms with E-state index in [1.165, 1.54) is 59.1 Å². The smallest absolute Gasteiger partial charge is 0.160 e. The molecule has 0 fully saturated rings. The first-order valence-electron chi connectivity index (χ1n) is 21.1. The summed E-state index contributed by atoms with van der Waals surface area (Å²) in [7, 11) is 0. The molecule has 2 aromatic heterocycles. The van der Waals surface area contributed by atoms with E-state index in [2.05, 4.69) is 224 Å². The first kappa shape index (κ1) is 36.2. The van der Waals surface area contributed by atoms with Crippen LogP contribution < -0.4 is 0 Å². The SMILES string of the molecule is c1ccc(-c2cc(-c3cc(-c4cccc(C5(c6ccccc6)c6ccccc6-c6ccccc65)c4)nc(-c4ccccc4)n3)cc(-c3cccc4c3sc3ccccc34)c2)cc1. The molecule has 2 nitrogen and oxygen atoms in total. The molecule has 62 heavy (non-hydrogen) atoms. The fourth-order valence-electron chi connectivity index (χ4n) is 9.79. The summed E-state index contributed by atoms with van der Waals surface area (Å²) in [5.41, 5.74) is 16.5. The monoisotopic (exact) mass is 806 g/mol. The predicted molar refractivity (Wildman–Crippen MR) is 259 cm³/mol. The van der Waals surface area contributed by atoms with Crippen LogP contribution in [0, 0.1) is 0 Å². The van der Waals surface area contributed by atoms with E-state index >= 15 is 0 Å². The molecule has 0 amide bonds. The average Bonchev–Trinajstić information content (AvgIpc) is 3.89. The molecule has 0 radical (unpaired) electrons. The van der Waals surface area contributed by atoms with Gasteiger partial charge in [0.1, 0.15) is 0 Å². The second-order valence-electron chi connectivity index (χ2n) is 16.1. The van der Waals surface area contributed by atoms with Gasteiger partial charge in [-0.2, -0.15) is 0 Å². The van der Waals surface area contributed by atoms with Gasteiger partial charge in [0.05, 0.1) is 16.8 Å². The van der Waals surface area contributed by atoms with Crippen LogP contribution in [0.5, 0.6) is 0 Å². The maximum atomic E-state index is 5.38. The molecule has 1 aliphatic carbocycles. The average molecular weight is 807 g/mol. The van der Waals surface area contributed by atoms with E-state index in [0.29, 0.717) is 5.82 Å². The minimum atomic E-state index is -0.519. The Bertz CT molecular complexity index is 3420. The van der Waals surface area contributed by atoms with Crippen LogP contribution in [0.25, 0.3) is 87.5 Å². The fourth-order valence-corrected chi connectivity index (χ4v) is 11.0. The number of thiophene rings is 1. The van der Waals surface area contributed by atoms with Crippen LogP contribution in [-0.4, -0.2) is 9.97 Å². The minimum Gasteiger partial charge on any atom is -0.228 e. The van der Waals surface area contributed by atoms with Gasteiger partial charge in [-0.05, 0) is 92.0 Å². The fraction of sp³-hybridized carbons (Fsp3) is 0.0169. The van der Waals surface area contributed by atoms with Gasteiger partial charge in [-0.25, -0.2) is 9.97 Å². The molecule has 1 aliphatic rings. The molecule has 290 valence electrons. The Morgan fingerprint density at radius 3 is 1.58 bits per heavy atom. The normalized spacial score (nSPS) is 12.6. The van der Waals surface area contributed by atoms with Crippen molar-refractivity contribution in [2.24, 2.45) is 0 Å². The standard InChI is InChI=1S/C59H38N2S/c1-4-18-39(19-5-1)42-34-43(47-29-17-30-51-50-28-12-15-33-56(50)62-57(47)51)36-44(35-42)55-38-54(60-58(61-55)40-20-6-2-7-21-40)41-22-16-25-46(37-41)59(45-23-8-3-9-24-45)52-31-13-10-26-48(52)49-27-11-14-32-53(49)59/h1-38H. The molecule has 9 aromatic carbocycles. The topological polar surface area (TPSA) is 25.8 Å². The van der Waals surface area contributed by atoms with Crippen molar-refractivity contribution in [1.29, 1.82) is 0 Å². The summed E-state index contributed by atoms with van der Waals surface area (Å²) in [6.07, 6.45) is 0. The van der Waals surface area contributed by atoms with E-state index < -0.39 is 5.41 Å². The van der Waals surface area contributed by atoms with Crippen LogP contribution in [0.3, 0.4) is 0 Å². The van der Waals surface area contributed by atoms with E-state index in [1.54, 1.807) is 0 Å². The highest BCUT2D eigenvalue weighted by Gasteiger charge is 2.45. The maximum absolute atomic E-state index is 5.38. The van der Waals surface area contributed by atoms with Crippen LogP contribution in [-0.2, 0) is 5.41 Å². The minimum absolute atomic E-state index is 0.519. The third-order valence-corrected chi connectivity index (χ3v) is 13.8. The molecule has 2 heterocycles. The summed E-state index contributed by atoms with van der Waals surface area (Å²) in [5.74, 6) is 0.691. The molecule has 0 unspecified atom stereocenters. The second kappa shape index (κ2) is 14.8. The Labute approximate surface area is 365 Å². The lowest BCUT2D eigenvalue weighted by atomic mass is 9.67. The Morgan fingerprint density at radius 1 is 0.323 bits per heavy atom. The van der Waals surface area contributed by atoms with Gasteiger partial charge in [0.2, 0.25) is 0 Å². The van der Waals surface area contributed by atoms with Gasteiger partial charge in [0.15, 0.2) is 5.82 Å². The van der Waals surface area contributed by atoms with E-state index in [1.807, 2.05) is 17.4 Å². The van der Waals surface area contributed by atoms with E-state index in [9.17, 15) is 0 Å². The number of nitrogens with zero attached hydrogens (tertiary/aromatic N) is 2. The maximum Gasteiger partial charge on any atom is 0.160 e. The molecule has 0 atom stereocenters. The molecule has 0 saturated heterocycles.